The molecule has 1 aliphatic rings. The molecule has 0 saturated carbocycles. The van der Waals surface area contributed by atoms with E-state index in [2.05, 4.69) is 36.2 Å². The molecule has 2 aromatic heterocycles. The van der Waals surface area contributed by atoms with Crippen LogP contribution in [-0.2, 0) is 0 Å². The third kappa shape index (κ3) is 2.75. The van der Waals surface area contributed by atoms with Crippen molar-refractivity contribution in [3.63, 3.8) is 0 Å². The predicted octanol–water partition coefficient (Wildman–Crippen LogP) is 1.15. The average Bonchev–Trinajstić information content (AvgIpc) is 2.97. The highest BCUT2D eigenvalue weighted by molar-refractivity contribution is 5.57. The fourth-order valence-electron chi connectivity index (χ4n) is 2.73. The van der Waals surface area contributed by atoms with Gasteiger partial charge in [-0.15, -0.1) is 5.10 Å². The lowest BCUT2D eigenvalue weighted by Crippen LogP contribution is -2.47. The van der Waals surface area contributed by atoms with Crippen molar-refractivity contribution in [3.8, 4) is 6.07 Å². The van der Waals surface area contributed by atoms with Crippen molar-refractivity contribution < 1.29 is 4.52 Å². The Hall–Kier alpha value is -2.53. The lowest BCUT2D eigenvalue weighted by molar-refractivity contribution is 0.177. The fraction of sp³-hybridized carbons (Fsp3) is 0.533. The van der Waals surface area contributed by atoms with E-state index in [0.29, 0.717) is 29.6 Å². The van der Waals surface area contributed by atoms with Crippen LogP contribution in [0, 0.1) is 32.1 Å². The number of hydrogen-bond acceptors (Lipinski definition) is 8. The Morgan fingerprint density at radius 3 is 2.65 bits per heavy atom. The Kier molecular flexibility index (Phi) is 3.96. The molecule has 1 fully saturated rings. The van der Waals surface area contributed by atoms with Crippen LogP contribution in [-0.4, -0.2) is 51.9 Å². The van der Waals surface area contributed by atoms with Crippen molar-refractivity contribution in [1.29, 1.82) is 5.26 Å². The monoisotopic (exact) mass is 313 g/mol. The first kappa shape index (κ1) is 15.4. The molecule has 0 N–H and O–H groups in total. The van der Waals surface area contributed by atoms with Crippen LogP contribution in [0.25, 0.3) is 0 Å². The minimum atomic E-state index is -0.0279. The van der Waals surface area contributed by atoms with Gasteiger partial charge in [-0.05, 0) is 33.4 Å². The number of likely N-dealkylation sites (N-methyl/N-ethyl adjacent to an activating group) is 1. The summed E-state index contributed by atoms with van der Waals surface area (Å²) in [4.78, 5) is 8.58. The van der Waals surface area contributed by atoms with Crippen LogP contribution >= 0.6 is 0 Å². The van der Waals surface area contributed by atoms with Gasteiger partial charge >= 0.3 is 0 Å². The molecule has 8 heteroatoms. The molecule has 8 nitrogen and oxygen atoms in total. The number of hydrogen-bond donors (Lipinski definition) is 0. The van der Waals surface area contributed by atoms with E-state index >= 15 is 0 Å². The molecule has 0 amide bonds. The highest BCUT2D eigenvalue weighted by Crippen LogP contribution is 2.28. The summed E-state index contributed by atoms with van der Waals surface area (Å²) < 4.78 is 5.33. The molecule has 1 saturated heterocycles. The van der Waals surface area contributed by atoms with Gasteiger partial charge < -0.3 is 9.42 Å². The number of rotatable bonds is 2. The molecule has 23 heavy (non-hydrogen) atoms. The number of anilines is 1. The van der Waals surface area contributed by atoms with Gasteiger partial charge in [0, 0.05) is 19.6 Å². The lowest BCUT2D eigenvalue weighted by Gasteiger charge is -2.38. The molecule has 1 unspecified atom stereocenters. The summed E-state index contributed by atoms with van der Waals surface area (Å²) in [5.41, 5.74) is 2.24. The van der Waals surface area contributed by atoms with Gasteiger partial charge in [0.2, 0.25) is 5.89 Å². The Morgan fingerprint density at radius 1 is 1.22 bits per heavy atom. The SMILES string of the molecule is Cc1noc(C2CN(c3nnc(C)c(C)c3C#N)CCN2C)n1. The third-order valence-corrected chi connectivity index (χ3v) is 4.32. The minimum Gasteiger partial charge on any atom is -0.351 e. The summed E-state index contributed by atoms with van der Waals surface area (Å²) in [7, 11) is 2.03. The number of nitrogens with zero attached hydrogens (tertiary/aromatic N) is 7. The maximum absolute atomic E-state index is 9.50. The summed E-state index contributed by atoms with van der Waals surface area (Å²) in [6.45, 7) is 7.78. The largest absolute Gasteiger partial charge is 0.351 e. The van der Waals surface area contributed by atoms with Crippen LogP contribution in [0.15, 0.2) is 4.52 Å². The summed E-state index contributed by atoms with van der Waals surface area (Å²) in [6, 6.07) is 2.23. The summed E-state index contributed by atoms with van der Waals surface area (Å²) >= 11 is 0. The minimum absolute atomic E-state index is 0.0279. The molecular formula is C15H19N7O. The highest BCUT2D eigenvalue weighted by Gasteiger charge is 2.32. The molecule has 0 radical (unpaired) electrons. The van der Waals surface area contributed by atoms with Gasteiger partial charge in [0.1, 0.15) is 17.7 Å². The molecule has 3 heterocycles. The van der Waals surface area contributed by atoms with Gasteiger partial charge in [0.25, 0.3) is 0 Å². The fourth-order valence-corrected chi connectivity index (χ4v) is 2.73. The molecule has 0 bridgehead atoms. The van der Waals surface area contributed by atoms with Crippen molar-refractivity contribution in [2.75, 3.05) is 31.6 Å². The van der Waals surface area contributed by atoms with Crippen molar-refractivity contribution in [2.24, 2.45) is 0 Å². The van der Waals surface area contributed by atoms with E-state index in [1.165, 1.54) is 0 Å². The van der Waals surface area contributed by atoms with E-state index in [4.69, 9.17) is 4.52 Å². The molecule has 0 aromatic carbocycles. The van der Waals surface area contributed by atoms with Gasteiger partial charge in [0.15, 0.2) is 11.6 Å². The van der Waals surface area contributed by atoms with Crippen LogP contribution in [0.2, 0.25) is 0 Å². The Bertz CT molecular complexity index is 764. The van der Waals surface area contributed by atoms with Gasteiger partial charge in [-0.2, -0.15) is 15.3 Å². The van der Waals surface area contributed by atoms with Gasteiger partial charge in [-0.3, -0.25) is 4.90 Å². The smallest absolute Gasteiger partial charge is 0.245 e. The first-order chi connectivity index (χ1) is 11.0. The van der Waals surface area contributed by atoms with Crippen LogP contribution in [0.1, 0.15) is 34.6 Å². The maximum Gasteiger partial charge on any atom is 0.245 e. The molecule has 2 aromatic rings. The summed E-state index contributed by atoms with van der Waals surface area (Å²) in [6.07, 6.45) is 0. The topological polar surface area (TPSA) is 95.0 Å². The summed E-state index contributed by atoms with van der Waals surface area (Å²) in [5.74, 6) is 1.84. The summed E-state index contributed by atoms with van der Waals surface area (Å²) in [5, 5.41) is 21.8. The number of piperazine rings is 1. The molecule has 0 spiro atoms. The number of aromatic nitrogens is 4. The average molecular weight is 313 g/mol. The second kappa shape index (κ2) is 5.93. The predicted molar refractivity (Wildman–Crippen MR) is 82.8 cm³/mol. The lowest BCUT2D eigenvalue weighted by atomic mass is 10.1. The van der Waals surface area contributed by atoms with Crippen LogP contribution in [0.5, 0.6) is 0 Å². The van der Waals surface area contributed by atoms with Crippen molar-refractivity contribution in [1.82, 2.24) is 25.2 Å². The van der Waals surface area contributed by atoms with E-state index in [1.807, 2.05) is 20.9 Å². The quantitative estimate of drug-likeness (QED) is 0.815. The number of aryl methyl sites for hydroxylation is 2. The molecule has 120 valence electrons. The Labute approximate surface area is 134 Å². The van der Waals surface area contributed by atoms with Crippen molar-refractivity contribution >= 4 is 5.82 Å². The van der Waals surface area contributed by atoms with E-state index in [9.17, 15) is 5.26 Å². The van der Waals surface area contributed by atoms with Gasteiger partial charge in [-0.25, -0.2) is 0 Å². The van der Waals surface area contributed by atoms with Gasteiger partial charge in [-0.1, -0.05) is 5.16 Å². The van der Waals surface area contributed by atoms with E-state index in [-0.39, 0.29) is 6.04 Å². The van der Waals surface area contributed by atoms with Crippen molar-refractivity contribution in [2.45, 2.75) is 26.8 Å². The molecule has 1 atom stereocenters. The van der Waals surface area contributed by atoms with Crippen LogP contribution in [0.3, 0.4) is 0 Å². The molecule has 0 aliphatic carbocycles. The van der Waals surface area contributed by atoms with Crippen LogP contribution in [0.4, 0.5) is 5.82 Å². The molecule has 1 aliphatic heterocycles. The van der Waals surface area contributed by atoms with E-state index < -0.39 is 0 Å². The highest BCUT2D eigenvalue weighted by atomic mass is 16.5. The first-order valence-electron chi connectivity index (χ1n) is 7.50. The Morgan fingerprint density at radius 2 is 2.00 bits per heavy atom. The van der Waals surface area contributed by atoms with Crippen molar-refractivity contribution in [3.05, 3.63) is 28.5 Å². The number of nitriles is 1. The van der Waals surface area contributed by atoms with Gasteiger partial charge in [0.05, 0.1) is 5.69 Å². The molecular weight excluding hydrogens is 294 g/mol. The molecule has 3 rings (SSSR count). The van der Waals surface area contributed by atoms with Crippen LogP contribution < -0.4 is 4.90 Å². The second-order valence-electron chi connectivity index (χ2n) is 5.84. The third-order valence-electron chi connectivity index (χ3n) is 4.32. The Balaban J connectivity index is 1.93. The van der Waals surface area contributed by atoms with E-state index in [1.54, 1.807) is 6.92 Å². The zero-order valence-electron chi connectivity index (χ0n) is 13.7. The maximum atomic E-state index is 9.50. The zero-order chi connectivity index (χ0) is 16.6. The first-order valence-corrected chi connectivity index (χ1v) is 7.50. The second-order valence-corrected chi connectivity index (χ2v) is 5.84. The zero-order valence-corrected chi connectivity index (χ0v) is 13.7. The normalized spacial score (nSPS) is 18.9. The standard InChI is InChI=1S/C15H19N7O/c1-9-10(2)18-19-14(12(9)7-16)22-6-5-21(4)13(8-22)15-17-11(3)20-23-15/h13H,5-6,8H2,1-4H3. The van der Waals surface area contributed by atoms with E-state index in [0.717, 1.165) is 24.3 Å².